The number of aromatic nitrogens is 1. The zero-order chi connectivity index (χ0) is 17.6. The molecule has 2 N–H and O–H groups in total. The minimum absolute atomic E-state index is 0.263. The molecule has 0 unspecified atom stereocenters. The van der Waals surface area contributed by atoms with Gasteiger partial charge in [-0.15, -0.1) is 0 Å². The molecule has 5 nitrogen and oxygen atoms in total. The molecule has 3 rings (SSSR count). The number of halogens is 1. The van der Waals surface area contributed by atoms with Crippen molar-refractivity contribution in [2.24, 2.45) is 0 Å². The minimum Gasteiger partial charge on any atom is -0.497 e. The average molecular weight is 398 g/mol. The van der Waals surface area contributed by atoms with Gasteiger partial charge in [-0.25, -0.2) is 0 Å². The topological polar surface area (TPSA) is 63.2 Å². The molecule has 1 heterocycles. The first kappa shape index (κ1) is 17.0. The highest BCUT2D eigenvalue weighted by molar-refractivity contribution is 9.10. The van der Waals surface area contributed by atoms with Gasteiger partial charge in [0.25, 0.3) is 5.91 Å². The van der Waals surface area contributed by atoms with E-state index in [-0.39, 0.29) is 5.91 Å². The van der Waals surface area contributed by atoms with Crippen molar-refractivity contribution < 1.29 is 9.53 Å². The fourth-order valence-corrected chi connectivity index (χ4v) is 2.47. The molecule has 0 bridgehead atoms. The normalized spacial score (nSPS) is 10.2. The van der Waals surface area contributed by atoms with Gasteiger partial charge in [0.15, 0.2) is 0 Å². The number of ether oxygens (including phenoxy) is 1. The molecule has 0 atom stereocenters. The fraction of sp³-hybridized carbons (Fsp3) is 0.0526. The number of hydrogen-bond donors (Lipinski definition) is 2. The van der Waals surface area contributed by atoms with Crippen molar-refractivity contribution in [2.75, 3.05) is 17.7 Å². The number of hydrogen-bond acceptors (Lipinski definition) is 4. The number of methoxy groups -OCH3 is 1. The largest absolute Gasteiger partial charge is 0.497 e. The molecular weight excluding hydrogens is 382 g/mol. The zero-order valence-electron chi connectivity index (χ0n) is 13.5. The van der Waals surface area contributed by atoms with E-state index in [4.69, 9.17) is 4.74 Å². The smallest absolute Gasteiger partial charge is 0.274 e. The third kappa shape index (κ3) is 4.58. The number of carbonyl (C=O) groups is 1. The number of pyridine rings is 1. The van der Waals surface area contributed by atoms with Crippen LogP contribution >= 0.6 is 15.9 Å². The molecular formula is C19H16BrN3O2. The van der Waals surface area contributed by atoms with Crippen LogP contribution in [0.4, 0.5) is 17.1 Å². The van der Waals surface area contributed by atoms with Crippen molar-refractivity contribution in [2.45, 2.75) is 0 Å². The lowest BCUT2D eigenvalue weighted by Gasteiger charge is -2.09. The maximum absolute atomic E-state index is 12.4. The van der Waals surface area contributed by atoms with E-state index in [1.165, 1.54) is 0 Å². The minimum atomic E-state index is -0.263. The fourth-order valence-electron chi connectivity index (χ4n) is 2.20. The van der Waals surface area contributed by atoms with Crippen molar-refractivity contribution in [3.63, 3.8) is 0 Å². The highest BCUT2D eigenvalue weighted by Crippen LogP contribution is 2.20. The van der Waals surface area contributed by atoms with Crippen molar-refractivity contribution >= 4 is 38.9 Å². The molecule has 0 aliphatic carbocycles. The Kier molecular flexibility index (Phi) is 5.30. The number of nitrogens with one attached hydrogen (secondary N) is 2. The van der Waals surface area contributed by atoms with E-state index >= 15 is 0 Å². The molecule has 1 amide bonds. The maximum Gasteiger partial charge on any atom is 0.274 e. The molecule has 0 saturated heterocycles. The summed E-state index contributed by atoms with van der Waals surface area (Å²) in [5.41, 5.74) is 2.72. The Morgan fingerprint density at radius 2 is 1.64 bits per heavy atom. The summed E-state index contributed by atoms with van der Waals surface area (Å²) in [4.78, 5) is 16.5. The Hall–Kier alpha value is -2.86. The van der Waals surface area contributed by atoms with Crippen LogP contribution in [0.25, 0.3) is 0 Å². The van der Waals surface area contributed by atoms with Crippen LogP contribution in [0.2, 0.25) is 0 Å². The molecule has 1 aromatic heterocycles. The Morgan fingerprint density at radius 3 is 2.32 bits per heavy atom. The van der Waals surface area contributed by atoms with E-state index < -0.39 is 0 Å². The molecule has 0 fully saturated rings. The van der Waals surface area contributed by atoms with Gasteiger partial charge in [0.05, 0.1) is 7.11 Å². The lowest BCUT2D eigenvalue weighted by molar-refractivity contribution is 0.102. The molecule has 126 valence electrons. The van der Waals surface area contributed by atoms with Gasteiger partial charge in [0.1, 0.15) is 11.4 Å². The molecule has 0 saturated carbocycles. The highest BCUT2D eigenvalue weighted by Gasteiger charge is 2.09. The summed E-state index contributed by atoms with van der Waals surface area (Å²) in [6.45, 7) is 0. The van der Waals surface area contributed by atoms with Crippen molar-refractivity contribution in [1.82, 2.24) is 4.98 Å². The van der Waals surface area contributed by atoms with Gasteiger partial charge in [-0.1, -0.05) is 15.9 Å². The summed E-state index contributed by atoms with van der Waals surface area (Å²) in [6, 6.07) is 18.4. The van der Waals surface area contributed by atoms with Crippen LogP contribution in [-0.2, 0) is 0 Å². The van der Waals surface area contributed by atoms with Gasteiger partial charge in [0.2, 0.25) is 0 Å². The Morgan fingerprint density at radius 1 is 0.960 bits per heavy atom. The summed E-state index contributed by atoms with van der Waals surface area (Å²) < 4.78 is 6.09. The number of amides is 1. The lowest BCUT2D eigenvalue weighted by atomic mass is 10.2. The molecule has 25 heavy (non-hydrogen) atoms. The number of benzene rings is 2. The van der Waals surface area contributed by atoms with Crippen LogP contribution in [0, 0.1) is 0 Å². The first-order valence-electron chi connectivity index (χ1n) is 7.58. The first-order chi connectivity index (χ1) is 12.1. The third-order valence-corrected chi connectivity index (χ3v) is 4.00. The molecule has 3 aromatic rings. The highest BCUT2D eigenvalue weighted by atomic mass is 79.9. The monoisotopic (exact) mass is 397 g/mol. The predicted molar refractivity (Wildman–Crippen MR) is 103 cm³/mol. The van der Waals surface area contributed by atoms with Gasteiger partial charge < -0.3 is 15.4 Å². The Balaban J connectivity index is 1.71. The second kappa shape index (κ2) is 7.81. The number of nitrogens with zero attached hydrogens (tertiary/aromatic N) is 1. The summed E-state index contributed by atoms with van der Waals surface area (Å²) in [5.74, 6) is 0.524. The van der Waals surface area contributed by atoms with Gasteiger partial charge >= 0.3 is 0 Å². The standard InChI is InChI=1S/C19H16BrN3O2/c1-25-17-8-6-14(7-9-17)22-16-10-11-21-18(12-16)19(24)23-15-4-2-13(20)3-5-15/h2-12H,1H3,(H,21,22)(H,23,24). The van der Waals surface area contributed by atoms with Crippen molar-refractivity contribution in [3.05, 3.63) is 77.0 Å². The lowest BCUT2D eigenvalue weighted by Crippen LogP contribution is -2.13. The average Bonchev–Trinajstić information content (AvgIpc) is 2.64. The van der Waals surface area contributed by atoms with Crippen molar-refractivity contribution in [1.29, 1.82) is 0 Å². The maximum atomic E-state index is 12.4. The molecule has 0 spiro atoms. The molecule has 0 aliphatic rings. The van der Waals surface area contributed by atoms with Crippen LogP contribution in [0.3, 0.4) is 0 Å². The SMILES string of the molecule is COc1ccc(Nc2ccnc(C(=O)Nc3ccc(Br)cc3)c2)cc1. The van der Waals surface area contributed by atoms with E-state index in [0.717, 1.165) is 21.6 Å². The summed E-state index contributed by atoms with van der Waals surface area (Å²) in [5, 5.41) is 6.07. The summed E-state index contributed by atoms with van der Waals surface area (Å²) in [7, 11) is 1.63. The Labute approximate surface area is 154 Å². The predicted octanol–water partition coefficient (Wildman–Crippen LogP) is 4.85. The van der Waals surface area contributed by atoms with E-state index in [9.17, 15) is 4.79 Å². The van der Waals surface area contributed by atoms with Gasteiger partial charge in [-0.2, -0.15) is 0 Å². The van der Waals surface area contributed by atoms with E-state index in [1.54, 1.807) is 25.4 Å². The quantitative estimate of drug-likeness (QED) is 0.645. The molecule has 0 aliphatic heterocycles. The van der Waals surface area contributed by atoms with Crippen molar-refractivity contribution in [3.8, 4) is 5.75 Å². The number of rotatable bonds is 5. The van der Waals surface area contributed by atoms with E-state index in [1.807, 2.05) is 48.5 Å². The second-order valence-corrected chi connectivity index (χ2v) is 6.16. The third-order valence-electron chi connectivity index (χ3n) is 3.47. The van der Waals surface area contributed by atoms with Crippen LogP contribution < -0.4 is 15.4 Å². The zero-order valence-corrected chi connectivity index (χ0v) is 15.1. The van der Waals surface area contributed by atoms with Crippen LogP contribution in [-0.4, -0.2) is 18.0 Å². The summed E-state index contributed by atoms with van der Waals surface area (Å²) in [6.07, 6.45) is 1.60. The summed E-state index contributed by atoms with van der Waals surface area (Å²) >= 11 is 3.37. The molecule has 6 heteroatoms. The van der Waals surface area contributed by atoms with E-state index in [2.05, 4.69) is 31.5 Å². The van der Waals surface area contributed by atoms with Crippen LogP contribution in [0.1, 0.15) is 10.5 Å². The van der Waals surface area contributed by atoms with Gasteiger partial charge in [-0.05, 0) is 60.7 Å². The van der Waals surface area contributed by atoms with Gasteiger partial charge in [-0.3, -0.25) is 9.78 Å². The first-order valence-corrected chi connectivity index (χ1v) is 8.37. The second-order valence-electron chi connectivity index (χ2n) is 5.24. The molecule has 2 aromatic carbocycles. The Bertz CT molecular complexity index is 865. The number of anilines is 3. The van der Waals surface area contributed by atoms with Gasteiger partial charge in [0, 0.05) is 27.7 Å². The van der Waals surface area contributed by atoms with E-state index in [0.29, 0.717) is 11.4 Å². The number of carbonyl (C=O) groups excluding carboxylic acids is 1. The molecule has 0 radical (unpaired) electrons. The van der Waals surface area contributed by atoms with Crippen LogP contribution in [0.15, 0.2) is 71.3 Å². The van der Waals surface area contributed by atoms with Crippen LogP contribution in [0.5, 0.6) is 5.75 Å².